The van der Waals surface area contributed by atoms with Crippen LogP contribution in [0.25, 0.3) is 0 Å². The van der Waals surface area contributed by atoms with Crippen LogP contribution in [0.5, 0.6) is 0 Å². The van der Waals surface area contributed by atoms with E-state index < -0.39 is 0 Å². The molecule has 2 aliphatic rings. The van der Waals surface area contributed by atoms with E-state index in [1.807, 2.05) is 34.9 Å². The van der Waals surface area contributed by atoms with Crippen LogP contribution in [0.2, 0.25) is 0 Å². The Morgan fingerprint density at radius 3 is 2.52 bits per heavy atom. The number of fused-ring (bicyclic) bond motifs is 1. The van der Waals surface area contributed by atoms with Crippen LogP contribution in [0, 0.1) is 0 Å². The minimum absolute atomic E-state index is 0.102. The highest BCUT2D eigenvalue weighted by Gasteiger charge is 2.30. The standard InChI is InChI=1S/C16H24N4O2S/c1-17(2)11-15(21)20-5-4-13-12(20)10-14(23-13)16(22)19-8-6-18(3)7-9-19/h10H,4-9,11H2,1-3H3. The van der Waals surface area contributed by atoms with E-state index in [1.165, 1.54) is 0 Å². The molecule has 0 N–H and O–H groups in total. The number of anilines is 1. The molecule has 0 spiro atoms. The number of hydrogen-bond donors (Lipinski definition) is 0. The number of rotatable bonds is 3. The van der Waals surface area contributed by atoms with Crippen molar-refractivity contribution in [2.75, 3.05) is 65.3 Å². The highest BCUT2D eigenvalue weighted by Crippen LogP contribution is 2.36. The quantitative estimate of drug-likeness (QED) is 0.810. The number of carbonyl (C=O) groups excluding carboxylic acids is 2. The Bertz CT molecular complexity index is 605. The molecule has 0 saturated carbocycles. The molecule has 1 aromatic heterocycles. The molecule has 0 aliphatic carbocycles. The Kier molecular flexibility index (Phi) is 4.70. The molecule has 23 heavy (non-hydrogen) atoms. The number of likely N-dealkylation sites (N-methyl/N-ethyl adjacent to an activating group) is 2. The average molecular weight is 336 g/mol. The van der Waals surface area contributed by atoms with E-state index in [0.717, 1.165) is 54.6 Å². The predicted octanol–water partition coefficient (Wildman–Crippen LogP) is 0.586. The van der Waals surface area contributed by atoms with E-state index in [2.05, 4.69) is 11.9 Å². The van der Waals surface area contributed by atoms with Crippen molar-refractivity contribution in [2.45, 2.75) is 6.42 Å². The van der Waals surface area contributed by atoms with Crippen LogP contribution in [0.4, 0.5) is 5.69 Å². The molecule has 2 aliphatic heterocycles. The molecule has 126 valence electrons. The van der Waals surface area contributed by atoms with Crippen LogP contribution in [0.3, 0.4) is 0 Å². The van der Waals surface area contributed by atoms with Crippen LogP contribution < -0.4 is 4.90 Å². The van der Waals surface area contributed by atoms with Gasteiger partial charge in [0.05, 0.1) is 17.1 Å². The van der Waals surface area contributed by atoms with Crippen LogP contribution in [0.1, 0.15) is 14.5 Å². The fourth-order valence-corrected chi connectivity index (χ4v) is 4.17. The molecule has 3 rings (SSSR count). The first-order valence-corrected chi connectivity index (χ1v) is 8.83. The molecule has 6 nitrogen and oxygen atoms in total. The molecule has 1 saturated heterocycles. The molecule has 0 radical (unpaired) electrons. The second-order valence-electron chi connectivity index (χ2n) is 6.55. The summed E-state index contributed by atoms with van der Waals surface area (Å²) in [5, 5.41) is 0. The molecule has 0 aromatic carbocycles. The number of piperazine rings is 1. The lowest BCUT2D eigenvalue weighted by Crippen LogP contribution is -2.47. The summed E-state index contributed by atoms with van der Waals surface area (Å²) < 4.78 is 0. The first-order chi connectivity index (χ1) is 11.0. The van der Waals surface area contributed by atoms with Gasteiger partial charge in [0, 0.05) is 44.0 Å². The maximum atomic E-state index is 12.7. The van der Waals surface area contributed by atoms with E-state index in [1.54, 1.807) is 11.3 Å². The third-order valence-electron chi connectivity index (χ3n) is 4.39. The van der Waals surface area contributed by atoms with Crippen molar-refractivity contribution >= 4 is 28.8 Å². The van der Waals surface area contributed by atoms with Gasteiger partial charge in [-0.25, -0.2) is 0 Å². The average Bonchev–Trinajstić information content (AvgIpc) is 3.06. The molecular weight excluding hydrogens is 312 g/mol. The van der Waals surface area contributed by atoms with Crippen molar-refractivity contribution in [3.05, 3.63) is 15.8 Å². The van der Waals surface area contributed by atoms with Crippen molar-refractivity contribution in [2.24, 2.45) is 0 Å². The van der Waals surface area contributed by atoms with Crippen molar-refractivity contribution in [3.8, 4) is 0 Å². The number of nitrogens with zero attached hydrogens (tertiary/aromatic N) is 4. The monoisotopic (exact) mass is 336 g/mol. The number of amides is 2. The second kappa shape index (κ2) is 6.59. The van der Waals surface area contributed by atoms with Gasteiger partial charge in [-0.05, 0) is 27.2 Å². The Hall–Kier alpha value is -1.44. The fourth-order valence-electron chi connectivity index (χ4n) is 3.05. The largest absolute Gasteiger partial charge is 0.335 e. The Morgan fingerprint density at radius 2 is 1.87 bits per heavy atom. The lowest BCUT2D eigenvalue weighted by Gasteiger charge is -2.32. The van der Waals surface area contributed by atoms with Gasteiger partial charge < -0.3 is 19.6 Å². The van der Waals surface area contributed by atoms with Gasteiger partial charge in [-0.1, -0.05) is 0 Å². The summed E-state index contributed by atoms with van der Waals surface area (Å²) in [6.07, 6.45) is 0.856. The molecule has 0 atom stereocenters. The minimum atomic E-state index is 0.102. The summed E-state index contributed by atoms with van der Waals surface area (Å²) in [7, 11) is 5.87. The maximum absolute atomic E-state index is 12.7. The summed E-state index contributed by atoms with van der Waals surface area (Å²) in [5.74, 6) is 0.211. The third kappa shape index (κ3) is 3.41. The van der Waals surface area contributed by atoms with Crippen LogP contribution in [-0.4, -0.2) is 86.9 Å². The zero-order valence-corrected chi connectivity index (χ0v) is 14.9. The van der Waals surface area contributed by atoms with Gasteiger partial charge in [-0.2, -0.15) is 0 Å². The topological polar surface area (TPSA) is 47.1 Å². The highest BCUT2D eigenvalue weighted by molar-refractivity contribution is 7.14. The van der Waals surface area contributed by atoms with Gasteiger partial charge in [0.25, 0.3) is 5.91 Å². The van der Waals surface area contributed by atoms with Gasteiger partial charge in [-0.15, -0.1) is 11.3 Å². The van der Waals surface area contributed by atoms with Crippen LogP contribution >= 0.6 is 11.3 Å². The molecule has 3 heterocycles. The van der Waals surface area contributed by atoms with Gasteiger partial charge in [0.2, 0.25) is 5.91 Å². The minimum Gasteiger partial charge on any atom is -0.335 e. The van der Waals surface area contributed by atoms with E-state index in [4.69, 9.17) is 0 Å². The first-order valence-electron chi connectivity index (χ1n) is 8.01. The van der Waals surface area contributed by atoms with Crippen molar-refractivity contribution in [1.29, 1.82) is 0 Å². The number of carbonyl (C=O) groups is 2. The van der Waals surface area contributed by atoms with Crippen molar-refractivity contribution < 1.29 is 9.59 Å². The summed E-state index contributed by atoms with van der Waals surface area (Å²) in [4.78, 5) is 34.8. The van der Waals surface area contributed by atoms with Crippen molar-refractivity contribution in [1.82, 2.24) is 14.7 Å². The highest BCUT2D eigenvalue weighted by atomic mass is 32.1. The first kappa shape index (κ1) is 16.4. The molecule has 0 unspecified atom stereocenters. The fraction of sp³-hybridized carbons (Fsp3) is 0.625. The Balaban J connectivity index is 1.72. The number of thiophene rings is 1. The lowest BCUT2D eigenvalue weighted by atomic mass is 10.3. The van der Waals surface area contributed by atoms with E-state index in [9.17, 15) is 9.59 Å². The predicted molar refractivity (Wildman–Crippen MR) is 92.3 cm³/mol. The molecule has 0 bridgehead atoms. The van der Waals surface area contributed by atoms with Crippen LogP contribution in [-0.2, 0) is 11.2 Å². The zero-order valence-electron chi connectivity index (χ0n) is 14.0. The van der Waals surface area contributed by atoms with Gasteiger partial charge in [0.1, 0.15) is 0 Å². The van der Waals surface area contributed by atoms with E-state index >= 15 is 0 Å². The van der Waals surface area contributed by atoms with Gasteiger partial charge in [-0.3, -0.25) is 9.59 Å². The summed E-state index contributed by atoms with van der Waals surface area (Å²) in [6.45, 7) is 4.53. The normalized spacial score (nSPS) is 18.6. The molecule has 1 aromatic rings. The second-order valence-corrected chi connectivity index (χ2v) is 7.68. The summed E-state index contributed by atoms with van der Waals surface area (Å²) in [5.41, 5.74) is 0.944. The lowest BCUT2D eigenvalue weighted by molar-refractivity contribution is -0.119. The molecular formula is C16H24N4O2S. The summed E-state index contributed by atoms with van der Waals surface area (Å²) in [6, 6.07) is 1.92. The Morgan fingerprint density at radius 1 is 1.17 bits per heavy atom. The van der Waals surface area contributed by atoms with E-state index in [0.29, 0.717) is 6.54 Å². The molecule has 1 fully saturated rings. The zero-order chi connectivity index (χ0) is 16.6. The number of hydrogen-bond acceptors (Lipinski definition) is 5. The van der Waals surface area contributed by atoms with Crippen molar-refractivity contribution in [3.63, 3.8) is 0 Å². The SMILES string of the molecule is CN(C)CC(=O)N1CCc2sc(C(=O)N3CCN(C)CC3)cc21. The summed E-state index contributed by atoms with van der Waals surface area (Å²) >= 11 is 1.55. The van der Waals surface area contributed by atoms with Crippen LogP contribution in [0.15, 0.2) is 6.07 Å². The third-order valence-corrected chi connectivity index (χ3v) is 5.57. The Labute approximate surface area is 141 Å². The maximum Gasteiger partial charge on any atom is 0.264 e. The molecule has 2 amide bonds. The van der Waals surface area contributed by atoms with Gasteiger partial charge >= 0.3 is 0 Å². The molecule has 7 heteroatoms. The van der Waals surface area contributed by atoms with Gasteiger partial charge in [0.15, 0.2) is 0 Å². The smallest absolute Gasteiger partial charge is 0.264 e. The van der Waals surface area contributed by atoms with E-state index in [-0.39, 0.29) is 11.8 Å².